The summed E-state index contributed by atoms with van der Waals surface area (Å²) in [6.45, 7) is 11.2. The number of para-hydroxylation sites is 2. The van der Waals surface area contributed by atoms with E-state index in [2.05, 4.69) is 55.4 Å². The Labute approximate surface area is 355 Å². The van der Waals surface area contributed by atoms with Crippen molar-refractivity contribution in [2.45, 2.75) is 13.8 Å². The van der Waals surface area contributed by atoms with Gasteiger partial charge >= 0.3 is 0 Å². The van der Waals surface area contributed by atoms with Gasteiger partial charge in [-0.15, -0.1) is 0 Å². The fourth-order valence-corrected chi connectivity index (χ4v) is 8.68. The van der Waals surface area contributed by atoms with Gasteiger partial charge in [0.15, 0.2) is 11.5 Å². The highest BCUT2D eigenvalue weighted by atomic mass is 15.1. The minimum absolute atomic E-state index is 0.381. The van der Waals surface area contributed by atoms with Crippen molar-refractivity contribution >= 4 is 49.3 Å². The van der Waals surface area contributed by atoms with E-state index < -0.39 is 0 Å². The van der Waals surface area contributed by atoms with Crippen molar-refractivity contribution in [1.82, 2.24) is 24.1 Å². The summed E-state index contributed by atoms with van der Waals surface area (Å²) >= 11 is 0. The molecule has 0 aliphatic rings. The number of hydrogen-bond donors (Lipinski definition) is 0. The summed E-state index contributed by atoms with van der Waals surface area (Å²) in [6.07, 6.45) is 0. The first-order chi connectivity index (χ1) is 30.3. The zero-order valence-electron chi connectivity index (χ0n) is 33.2. The largest absolute Gasteiger partial charge is 0.308 e. The van der Waals surface area contributed by atoms with E-state index in [-0.39, 0.29) is 0 Å². The van der Waals surface area contributed by atoms with E-state index in [1.165, 1.54) is 0 Å². The molecule has 0 radical (unpaired) electrons. The first-order valence-electron chi connectivity index (χ1n) is 19.5. The molecule has 10 rings (SSSR count). The minimum atomic E-state index is 0.381. The van der Waals surface area contributed by atoms with E-state index >= 15 is 0 Å². The molecule has 0 fully saturated rings. The van der Waals surface area contributed by atoms with Gasteiger partial charge in [0.05, 0.1) is 86.5 Å². The molecule has 7 aromatic carbocycles. The molecule has 10 heteroatoms. The second kappa shape index (κ2) is 14.5. The zero-order chi connectivity index (χ0) is 42.6. The summed E-state index contributed by atoms with van der Waals surface area (Å²) in [5, 5.41) is 44.7. The molecule has 0 amide bonds. The van der Waals surface area contributed by atoms with Crippen molar-refractivity contribution in [3.63, 3.8) is 0 Å². The molecule has 0 aliphatic heterocycles. The van der Waals surface area contributed by atoms with Gasteiger partial charge < -0.3 is 9.13 Å². The molecule has 0 atom stereocenters. The first kappa shape index (κ1) is 36.9. The third-order valence-corrected chi connectivity index (χ3v) is 11.3. The van der Waals surface area contributed by atoms with Crippen molar-refractivity contribution < 1.29 is 0 Å². The van der Waals surface area contributed by atoms with Crippen LogP contribution in [0.5, 0.6) is 0 Å². The average molecular weight is 793 g/mol. The summed E-state index contributed by atoms with van der Waals surface area (Å²) in [4.78, 5) is 18.0. The molecule has 0 saturated heterocycles. The van der Waals surface area contributed by atoms with Gasteiger partial charge in [0.1, 0.15) is 11.6 Å². The van der Waals surface area contributed by atoms with Crippen LogP contribution in [-0.4, -0.2) is 24.1 Å². The monoisotopic (exact) mass is 792 g/mol. The molecule has 62 heavy (non-hydrogen) atoms. The fourth-order valence-electron chi connectivity index (χ4n) is 8.68. The summed E-state index contributed by atoms with van der Waals surface area (Å²) in [5.41, 5.74) is 10.2. The van der Waals surface area contributed by atoms with E-state index in [0.717, 1.165) is 54.7 Å². The maximum absolute atomic E-state index is 10.9. The fraction of sp³-hybridized carbons (Fsp3) is 0.0385. The van der Waals surface area contributed by atoms with Crippen LogP contribution in [0.3, 0.4) is 0 Å². The molecule has 0 saturated carbocycles. The molecule has 0 aliphatic carbocycles. The number of rotatable bonds is 5. The standard InChI is InChI=1S/C52H28N10/c1-30-58-31(2)60-52(59-30)51-49(61-45-10-6-4-8-41(45)43-17-13-34(24-47(43)61)39-16-12-32(26-53)20-36(39)28-55)21-33(27-54)22-50(51)62-46-11-7-5-9-42(46)44-18-14-35(25-48(44)62)40-19-15-38(57-3)23-37(40)29-56/h4-25H,1-2H3. The number of benzene rings is 7. The number of aromatic nitrogens is 5. The van der Waals surface area contributed by atoms with Gasteiger partial charge in [-0.25, -0.2) is 19.8 Å². The maximum Gasteiger partial charge on any atom is 0.188 e. The SMILES string of the molecule is [C-]#[N+]c1ccc(-c2ccc3c4ccccc4n(-c4cc(C#N)cc(-n5c6ccccc6c6ccc(-c7ccc(C#N)cc7C#N)cc65)c4-c4nc(C)nc(C)n4)c3c2)c(C#N)c1. The minimum Gasteiger partial charge on any atom is -0.308 e. The summed E-state index contributed by atoms with van der Waals surface area (Å²) < 4.78 is 4.27. The highest BCUT2D eigenvalue weighted by Crippen LogP contribution is 2.44. The molecule has 10 aromatic rings. The Hall–Kier alpha value is -9.40. The van der Waals surface area contributed by atoms with Crippen molar-refractivity contribution in [2.75, 3.05) is 0 Å². The topological polar surface area (TPSA) is 148 Å². The number of hydrogen-bond acceptors (Lipinski definition) is 7. The predicted molar refractivity (Wildman–Crippen MR) is 239 cm³/mol. The van der Waals surface area contributed by atoms with Crippen LogP contribution < -0.4 is 0 Å². The lowest BCUT2D eigenvalue weighted by Crippen LogP contribution is -2.08. The van der Waals surface area contributed by atoms with Crippen LogP contribution in [-0.2, 0) is 0 Å². The Morgan fingerprint density at radius 3 is 1.50 bits per heavy atom. The van der Waals surface area contributed by atoms with Gasteiger partial charge in [0, 0.05) is 27.1 Å². The Morgan fingerprint density at radius 1 is 0.484 bits per heavy atom. The van der Waals surface area contributed by atoms with Crippen molar-refractivity contribution in [1.29, 1.82) is 21.0 Å². The first-order valence-corrected chi connectivity index (χ1v) is 19.5. The smallest absolute Gasteiger partial charge is 0.188 e. The van der Waals surface area contributed by atoms with Crippen LogP contribution >= 0.6 is 0 Å². The summed E-state index contributed by atoms with van der Waals surface area (Å²) in [7, 11) is 0. The predicted octanol–water partition coefficient (Wildman–Crippen LogP) is 11.7. The molecule has 3 aromatic heterocycles. The van der Waals surface area contributed by atoms with E-state index in [1.807, 2.05) is 105 Å². The molecular weight excluding hydrogens is 765 g/mol. The van der Waals surface area contributed by atoms with Gasteiger partial charge in [-0.2, -0.15) is 21.0 Å². The lowest BCUT2D eigenvalue weighted by atomic mass is 9.97. The third kappa shape index (κ3) is 5.79. The Bertz CT molecular complexity index is 3560. The van der Waals surface area contributed by atoms with Crippen molar-refractivity contribution in [3.8, 4) is 69.3 Å². The van der Waals surface area contributed by atoms with Gasteiger partial charge in [-0.3, -0.25) is 0 Å². The maximum atomic E-state index is 10.9. The second-order valence-corrected chi connectivity index (χ2v) is 14.9. The van der Waals surface area contributed by atoms with E-state index in [1.54, 1.807) is 30.3 Å². The normalized spacial score (nSPS) is 11.0. The zero-order valence-corrected chi connectivity index (χ0v) is 33.2. The molecule has 10 nitrogen and oxygen atoms in total. The van der Waals surface area contributed by atoms with Crippen molar-refractivity contribution in [2.24, 2.45) is 0 Å². The van der Waals surface area contributed by atoms with Crippen molar-refractivity contribution in [3.05, 3.63) is 179 Å². The molecule has 286 valence electrons. The molecular formula is C52H28N10. The van der Waals surface area contributed by atoms with Crippen LogP contribution in [0.1, 0.15) is 33.9 Å². The van der Waals surface area contributed by atoms with Crippen LogP contribution in [0.2, 0.25) is 0 Å². The lowest BCUT2D eigenvalue weighted by Gasteiger charge is -2.20. The Morgan fingerprint density at radius 2 is 0.984 bits per heavy atom. The van der Waals surface area contributed by atoms with Gasteiger partial charge in [-0.1, -0.05) is 78.9 Å². The van der Waals surface area contributed by atoms with Crippen LogP contribution in [0.15, 0.2) is 133 Å². The molecule has 0 N–H and O–H groups in total. The van der Waals surface area contributed by atoms with E-state index in [4.69, 9.17) is 16.5 Å². The number of fused-ring (bicyclic) bond motifs is 6. The molecule has 0 spiro atoms. The van der Waals surface area contributed by atoms with Gasteiger partial charge in [0.2, 0.25) is 0 Å². The molecule has 0 bridgehead atoms. The number of nitrogens with zero attached hydrogens (tertiary/aromatic N) is 10. The highest BCUT2D eigenvalue weighted by molar-refractivity contribution is 6.13. The van der Waals surface area contributed by atoms with Crippen LogP contribution in [0.4, 0.5) is 5.69 Å². The molecule has 0 unspecified atom stereocenters. The number of nitriles is 4. The van der Waals surface area contributed by atoms with Crippen LogP contribution in [0, 0.1) is 65.7 Å². The Balaban J connectivity index is 1.36. The quantitative estimate of drug-likeness (QED) is 0.157. The summed E-state index contributed by atoms with van der Waals surface area (Å²) in [5.74, 6) is 1.47. The highest BCUT2D eigenvalue weighted by Gasteiger charge is 2.26. The van der Waals surface area contributed by atoms with Crippen LogP contribution in [0.25, 0.3) is 93.5 Å². The van der Waals surface area contributed by atoms with Gasteiger partial charge in [0.25, 0.3) is 0 Å². The lowest BCUT2D eigenvalue weighted by molar-refractivity contribution is 0.924. The molecule has 3 heterocycles. The average Bonchev–Trinajstić information content (AvgIpc) is 3.82. The number of aryl methyl sites for hydroxylation is 2. The van der Waals surface area contributed by atoms with E-state index in [9.17, 15) is 21.0 Å². The van der Waals surface area contributed by atoms with Gasteiger partial charge in [-0.05, 0) is 90.7 Å². The van der Waals surface area contributed by atoms with E-state index in [0.29, 0.717) is 73.5 Å². The third-order valence-electron chi connectivity index (χ3n) is 11.3. The second-order valence-electron chi connectivity index (χ2n) is 14.9. The summed E-state index contributed by atoms with van der Waals surface area (Å²) in [6, 6.07) is 51.5. The Kier molecular flexibility index (Phi) is 8.61.